The summed E-state index contributed by atoms with van der Waals surface area (Å²) in [5, 5.41) is 0.283. The van der Waals surface area contributed by atoms with Crippen LogP contribution in [0.2, 0.25) is 0 Å². The van der Waals surface area contributed by atoms with Gasteiger partial charge in [-0.2, -0.15) is 0 Å². The quantitative estimate of drug-likeness (QED) is 0.316. The van der Waals surface area contributed by atoms with E-state index >= 15 is 0 Å². The molecule has 0 unspecified atom stereocenters. The fourth-order valence-electron chi connectivity index (χ4n) is 5.44. The van der Waals surface area contributed by atoms with Crippen LogP contribution < -0.4 is 11.2 Å². The lowest BCUT2D eigenvalue weighted by Gasteiger charge is -2.21. The highest BCUT2D eigenvalue weighted by Crippen LogP contribution is 2.41. The summed E-state index contributed by atoms with van der Waals surface area (Å²) in [4.78, 5) is 27.3. The second kappa shape index (κ2) is 9.66. The summed E-state index contributed by atoms with van der Waals surface area (Å²) in [6.07, 6.45) is 3.32. The second-order valence-electron chi connectivity index (χ2n) is 10.2. The molecule has 8 heteroatoms. The largest absolute Gasteiger partial charge is 0.422 e. The van der Waals surface area contributed by atoms with Crippen molar-refractivity contribution in [1.82, 2.24) is 4.57 Å². The molecule has 0 spiro atoms. The molecule has 2 aromatic carbocycles. The number of aromatic nitrogens is 1. The van der Waals surface area contributed by atoms with Crippen LogP contribution in [0, 0.1) is 19.7 Å². The highest BCUT2D eigenvalue weighted by Gasteiger charge is 2.32. The van der Waals surface area contributed by atoms with Gasteiger partial charge in [0.2, 0.25) is 0 Å². The lowest BCUT2D eigenvalue weighted by molar-refractivity contribution is 0.545. The van der Waals surface area contributed by atoms with Crippen LogP contribution in [0.5, 0.6) is 0 Å². The predicted molar refractivity (Wildman–Crippen MR) is 147 cm³/mol. The minimum atomic E-state index is -3.29. The summed E-state index contributed by atoms with van der Waals surface area (Å²) in [6.45, 7) is 5.49. The zero-order valence-corrected chi connectivity index (χ0v) is 22.7. The van der Waals surface area contributed by atoms with E-state index in [4.69, 9.17) is 4.42 Å². The maximum Gasteiger partial charge on any atom is 0.339 e. The van der Waals surface area contributed by atoms with Gasteiger partial charge in [-0.05, 0) is 67.0 Å². The lowest BCUT2D eigenvalue weighted by atomic mass is 9.91. The monoisotopic (exact) mass is 535 g/mol. The topological polar surface area (TPSA) is 86.3 Å². The maximum atomic E-state index is 14.7. The van der Waals surface area contributed by atoms with Crippen LogP contribution >= 0.6 is 0 Å². The first-order valence-electron chi connectivity index (χ1n) is 12.8. The summed E-state index contributed by atoms with van der Waals surface area (Å²) < 4.78 is 46.6. The molecule has 198 valence electrons. The molecule has 5 rings (SSSR count). The summed E-state index contributed by atoms with van der Waals surface area (Å²) in [7, 11) is -3.29. The average Bonchev–Trinajstić information content (AvgIpc) is 3.67. The smallest absolute Gasteiger partial charge is 0.339 e. The van der Waals surface area contributed by atoms with Crippen molar-refractivity contribution in [2.45, 2.75) is 58.2 Å². The number of pyridine rings is 1. The first-order valence-corrected chi connectivity index (χ1v) is 14.8. The molecule has 1 fully saturated rings. The molecule has 0 atom stereocenters. The van der Waals surface area contributed by atoms with Crippen molar-refractivity contribution in [3.05, 3.63) is 103 Å². The third-order valence-corrected chi connectivity index (χ3v) is 8.28. The minimum Gasteiger partial charge on any atom is -0.422 e. The Balaban J connectivity index is 1.91. The first-order chi connectivity index (χ1) is 18.0. The zero-order valence-electron chi connectivity index (χ0n) is 21.9. The van der Waals surface area contributed by atoms with E-state index in [1.54, 1.807) is 34.9 Å². The van der Waals surface area contributed by atoms with Gasteiger partial charge in [-0.15, -0.1) is 0 Å². The predicted octanol–water partition coefficient (Wildman–Crippen LogP) is 5.41. The van der Waals surface area contributed by atoms with E-state index in [0.29, 0.717) is 45.5 Å². The van der Waals surface area contributed by atoms with E-state index in [-0.39, 0.29) is 34.7 Å². The molecule has 1 saturated carbocycles. The molecular weight excluding hydrogens is 505 g/mol. The van der Waals surface area contributed by atoms with Crippen molar-refractivity contribution >= 4 is 20.8 Å². The molecule has 6 nitrogen and oxygen atoms in total. The van der Waals surface area contributed by atoms with Crippen LogP contribution in [-0.2, 0) is 28.4 Å². The Morgan fingerprint density at radius 3 is 2.32 bits per heavy atom. The normalized spacial score (nSPS) is 13.8. The van der Waals surface area contributed by atoms with Crippen LogP contribution in [0.4, 0.5) is 4.39 Å². The van der Waals surface area contributed by atoms with Gasteiger partial charge in [0.1, 0.15) is 5.82 Å². The molecule has 0 saturated heterocycles. The second-order valence-corrected chi connectivity index (χ2v) is 12.3. The van der Waals surface area contributed by atoms with Crippen molar-refractivity contribution in [2.24, 2.45) is 0 Å². The molecule has 4 aromatic rings. The third kappa shape index (κ3) is 4.62. The Bertz CT molecular complexity index is 1810. The molecule has 0 amide bonds. The Morgan fingerprint density at radius 2 is 1.68 bits per heavy atom. The molecule has 0 radical (unpaired) electrons. The van der Waals surface area contributed by atoms with Gasteiger partial charge in [0.25, 0.3) is 5.56 Å². The number of benzene rings is 2. The van der Waals surface area contributed by atoms with Crippen molar-refractivity contribution in [1.29, 1.82) is 0 Å². The van der Waals surface area contributed by atoms with E-state index in [2.05, 4.69) is 0 Å². The first kappa shape index (κ1) is 26.1. The van der Waals surface area contributed by atoms with Crippen molar-refractivity contribution in [3.8, 4) is 11.1 Å². The van der Waals surface area contributed by atoms with Crippen molar-refractivity contribution in [2.75, 3.05) is 6.26 Å². The molecule has 2 heterocycles. The van der Waals surface area contributed by atoms with Gasteiger partial charge in [0.05, 0.1) is 11.1 Å². The molecule has 0 bridgehead atoms. The van der Waals surface area contributed by atoms with E-state index < -0.39 is 21.3 Å². The molecule has 0 N–H and O–H groups in total. The van der Waals surface area contributed by atoms with Crippen LogP contribution in [0.3, 0.4) is 0 Å². The number of hydrogen-bond donors (Lipinski definition) is 0. The maximum absolute atomic E-state index is 14.7. The van der Waals surface area contributed by atoms with Crippen LogP contribution in [0.15, 0.2) is 56.5 Å². The Labute approximate surface area is 220 Å². The fraction of sp³-hybridized carbons (Fsp3) is 0.333. The average molecular weight is 536 g/mol. The molecular formula is C30H30FNO5S. The van der Waals surface area contributed by atoms with Crippen LogP contribution in [-0.4, -0.2) is 19.2 Å². The Kier molecular flexibility index (Phi) is 6.63. The SMILES string of the molecule is CCc1c(Cc2ccccc2F)c2c(=O)n(C3CC3)c(C)c(-c3cccc(CS(C)(=O)=O)c3C)c2oc1=O. The van der Waals surface area contributed by atoms with E-state index in [9.17, 15) is 22.4 Å². The highest BCUT2D eigenvalue weighted by atomic mass is 32.2. The lowest BCUT2D eigenvalue weighted by Crippen LogP contribution is -2.26. The number of fused-ring (bicyclic) bond motifs is 1. The van der Waals surface area contributed by atoms with Crippen molar-refractivity contribution in [3.63, 3.8) is 0 Å². The minimum absolute atomic E-state index is 0.0310. The van der Waals surface area contributed by atoms with Gasteiger partial charge in [-0.1, -0.05) is 43.3 Å². The Hall–Kier alpha value is -3.52. The van der Waals surface area contributed by atoms with E-state index in [0.717, 1.165) is 18.4 Å². The summed E-state index contributed by atoms with van der Waals surface area (Å²) >= 11 is 0. The Morgan fingerprint density at radius 1 is 1.00 bits per heavy atom. The van der Waals surface area contributed by atoms with Gasteiger partial charge in [-0.3, -0.25) is 4.79 Å². The number of nitrogens with zero attached hydrogens (tertiary/aromatic N) is 1. The van der Waals surface area contributed by atoms with Gasteiger partial charge < -0.3 is 8.98 Å². The molecule has 38 heavy (non-hydrogen) atoms. The standard InChI is InChI=1S/C30H30FNO5S/c1-5-22-24(15-19-9-6-7-12-25(19)31)27-28(37-30(22)34)26(18(3)32(29(27)33)21-13-14-21)23-11-8-10-20(17(23)2)16-38(4,35)36/h6-12,21H,5,13-16H2,1-4H3. The number of sulfone groups is 1. The van der Waals surface area contributed by atoms with Crippen LogP contribution in [0.1, 0.15) is 59.3 Å². The molecule has 1 aliphatic rings. The number of halogens is 1. The summed E-state index contributed by atoms with van der Waals surface area (Å²) in [5.41, 5.74) is 3.92. The highest BCUT2D eigenvalue weighted by molar-refractivity contribution is 7.89. The van der Waals surface area contributed by atoms with Crippen LogP contribution in [0.25, 0.3) is 22.1 Å². The van der Waals surface area contributed by atoms with E-state index in [1.165, 1.54) is 12.3 Å². The van der Waals surface area contributed by atoms with Gasteiger partial charge in [0.15, 0.2) is 15.4 Å². The summed E-state index contributed by atoms with van der Waals surface area (Å²) in [6, 6.07) is 11.8. The molecule has 0 aliphatic heterocycles. The van der Waals surface area contributed by atoms with Crippen molar-refractivity contribution < 1.29 is 17.2 Å². The number of rotatable bonds is 7. The summed E-state index contributed by atoms with van der Waals surface area (Å²) in [5.74, 6) is -0.538. The molecule has 1 aliphatic carbocycles. The van der Waals surface area contributed by atoms with Gasteiger partial charge in [-0.25, -0.2) is 17.6 Å². The van der Waals surface area contributed by atoms with Gasteiger partial charge >= 0.3 is 5.63 Å². The third-order valence-electron chi connectivity index (χ3n) is 7.44. The van der Waals surface area contributed by atoms with Gasteiger partial charge in [0, 0.05) is 35.5 Å². The van der Waals surface area contributed by atoms with E-state index in [1.807, 2.05) is 26.8 Å². The zero-order chi connectivity index (χ0) is 27.4. The molecule has 2 aromatic heterocycles. The number of hydrogen-bond acceptors (Lipinski definition) is 5. The fourth-order valence-corrected chi connectivity index (χ4v) is 6.32.